The predicted molar refractivity (Wildman–Crippen MR) is 93.9 cm³/mol. The van der Waals surface area contributed by atoms with Crippen LogP contribution in [-0.4, -0.2) is 15.2 Å². The predicted octanol–water partition coefficient (Wildman–Crippen LogP) is 4.99. The number of fused-ring (bicyclic) bond motifs is 5. The van der Waals surface area contributed by atoms with Crippen LogP contribution in [0.15, 0.2) is 29.4 Å². The number of rotatable bonds is 3. The Bertz CT molecular complexity index is 759. The van der Waals surface area contributed by atoms with Crippen molar-refractivity contribution in [3.8, 4) is 0 Å². The molecule has 3 nitrogen and oxygen atoms in total. The highest BCUT2D eigenvalue weighted by Gasteiger charge is 2.61. The van der Waals surface area contributed by atoms with Crippen LogP contribution >= 0.6 is 23.4 Å². The summed E-state index contributed by atoms with van der Waals surface area (Å²) in [5, 5.41) is 10.5. The van der Waals surface area contributed by atoms with Crippen LogP contribution in [0.3, 0.4) is 0 Å². The summed E-state index contributed by atoms with van der Waals surface area (Å²) in [6.45, 7) is 7.06. The highest BCUT2D eigenvalue weighted by Crippen LogP contribution is 2.66. The van der Waals surface area contributed by atoms with Gasteiger partial charge < -0.3 is 0 Å². The summed E-state index contributed by atoms with van der Waals surface area (Å²) in [5.41, 5.74) is 3.91. The lowest BCUT2D eigenvalue weighted by Crippen LogP contribution is -2.32. The summed E-state index contributed by atoms with van der Waals surface area (Å²) in [4.78, 5) is 4.90. The molecule has 0 unspecified atom stereocenters. The van der Waals surface area contributed by atoms with Crippen LogP contribution in [0.25, 0.3) is 0 Å². The molecule has 0 N–H and O–H groups in total. The van der Waals surface area contributed by atoms with Crippen LogP contribution in [0, 0.1) is 5.41 Å². The first kappa shape index (κ1) is 15.4. The SMILES string of the molecule is CC1(C)[C@@H]2CC[C@]1(C)c1nc(SCc3ccc(Cl)cc3)nnc12. The molecule has 1 saturated carbocycles. The van der Waals surface area contributed by atoms with Gasteiger partial charge in [0.25, 0.3) is 0 Å². The lowest BCUT2D eigenvalue weighted by molar-refractivity contribution is 0.226. The Morgan fingerprint density at radius 3 is 2.65 bits per heavy atom. The first-order chi connectivity index (χ1) is 10.9. The molecule has 23 heavy (non-hydrogen) atoms. The molecule has 2 bridgehead atoms. The summed E-state index contributed by atoms with van der Waals surface area (Å²) in [6, 6.07) is 7.93. The Hall–Kier alpha value is -1.13. The minimum absolute atomic E-state index is 0.137. The van der Waals surface area contributed by atoms with Crippen LogP contribution in [0.1, 0.15) is 56.5 Å². The molecule has 5 heteroatoms. The molecule has 1 aromatic heterocycles. The second-order valence-electron chi connectivity index (χ2n) is 7.39. The molecule has 1 aromatic carbocycles. The molecule has 2 aromatic rings. The van der Waals surface area contributed by atoms with E-state index in [2.05, 4.69) is 31.0 Å². The fourth-order valence-electron chi connectivity index (χ4n) is 4.15. The first-order valence-corrected chi connectivity index (χ1v) is 9.40. The van der Waals surface area contributed by atoms with E-state index in [9.17, 15) is 0 Å². The average Bonchev–Trinajstić information content (AvgIpc) is 2.86. The van der Waals surface area contributed by atoms with Crippen molar-refractivity contribution in [2.24, 2.45) is 5.41 Å². The van der Waals surface area contributed by atoms with Crippen molar-refractivity contribution < 1.29 is 0 Å². The third-order valence-corrected chi connectivity index (χ3v) is 7.21. The van der Waals surface area contributed by atoms with Crippen LogP contribution in [0.2, 0.25) is 5.02 Å². The third-order valence-electron chi connectivity index (χ3n) is 6.05. The second kappa shape index (κ2) is 5.18. The number of halogens is 1. The average molecular weight is 346 g/mol. The lowest BCUT2D eigenvalue weighted by atomic mass is 9.70. The van der Waals surface area contributed by atoms with Crippen LogP contribution < -0.4 is 0 Å². The second-order valence-corrected chi connectivity index (χ2v) is 8.77. The number of thioether (sulfide) groups is 1. The van der Waals surface area contributed by atoms with E-state index in [4.69, 9.17) is 16.6 Å². The van der Waals surface area contributed by atoms with Crippen molar-refractivity contribution in [2.45, 2.75) is 55.9 Å². The molecule has 0 spiro atoms. The van der Waals surface area contributed by atoms with E-state index in [1.165, 1.54) is 24.1 Å². The molecular formula is C18H20ClN3S. The summed E-state index contributed by atoms with van der Waals surface area (Å²) in [6.07, 6.45) is 2.42. The van der Waals surface area contributed by atoms with E-state index in [-0.39, 0.29) is 10.8 Å². The molecule has 120 valence electrons. The van der Waals surface area contributed by atoms with Crippen molar-refractivity contribution in [2.75, 3.05) is 0 Å². The fourth-order valence-corrected chi connectivity index (χ4v) is 5.02. The van der Waals surface area contributed by atoms with E-state index in [0.717, 1.165) is 21.6 Å². The normalized spacial score (nSPS) is 27.2. The zero-order valence-electron chi connectivity index (χ0n) is 13.6. The first-order valence-electron chi connectivity index (χ1n) is 8.04. The van der Waals surface area contributed by atoms with E-state index in [0.29, 0.717) is 5.92 Å². The van der Waals surface area contributed by atoms with Gasteiger partial charge in [-0.3, -0.25) is 0 Å². The highest BCUT2D eigenvalue weighted by atomic mass is 35.5. The quantitative estimate of drug-likeness (QED) is 0.734. The minimum atomic E-state index is 0.137. The summed E-state index contributed by atoms with van der Waals surface area (Å²) >= 11 is 7.57. The van der Waals surface area contributed by atoms with Gasteiger partial charge in [0.15, 0.2) is 0 Å². The fraction of sp³-hybridized carbons (Fsp3) is 0.500. The molecular weight excluding hydrogens is 326 g/mol. The standard InChI is InChI=1S/C18H20ClN3S/c1-17(2)13-8-9-18(17,3)15-14(13)21-22-16(20-15)23-10-11-4-6-12(19)7-5-11/h4-7,13H,8-10H2,1-3H3/t13-,18-/m1/s1. The summed E-state index contributed by atoms with van der Waals surface area (Å²) in [7, 11) is 0. The molecule has 2 aliphatic rings. The molecule has 0 aliphatic heterocycles. The molecule has 1 heterocycles. The van der Waals surface area contributed by atoms with Gasteiger partial charge in [-0.15, -0.1) is 5.10 Å². The monoisotopic (exact) mass is 345 g/mol. The minimum Gasteiger partial charge on any atom is -0.224 e. The van der Waals surface area contributed by atoms with Gasteiger partial charge in [-0.2, -0.15) is 5.10 Å². The highest BCUT2D eigenvalue weighted by molar-refractivity contribution is 7.98. The molecule has 0 amide bonds. The zero-order chi connectivity index (χ0) is 16.2. The number of hydrogen-bond donors (Lipinski definition) is 0. The van der Waals surface area contributed by atoms with E-state index < -0.39 is 0 Å². The maximum Gasteiger partial charge on any atom is 0.209 e. The van der Waals surface area contributed by atoms with Crippen LogP contribution in [0.4, 0.5) is 0 Å². The Kier molecular flexibility index (Phi) is 3.47. The molecule has 4 rings (SSSR count). The maximum atomic E-state index is 5.93. The number of nitrogens with zero attached hydrogens (tertiary/aromatic N) is 3. The van der Waals surface area contributed by atoms with Gasteiger partial charge in [0, 0.05) is 22.1 Å². The van der Waals surface area contributed by atoms with Crippen LogP contribution in [-0.2, 0) is 11.2 Å². The van der Waals surface area contributed by atoms with Gasteiger partial charge >= 0.3 is 0 Å². The zero-order valence-corrected chi connectivity index (χ0v) is 15.2. The van der Waals surface area contributed by atoms with Gasteiger partial charge in [-0.1, -0.05) is 56.3 Å². The number of hydrogen-bond acceptors (Lipinski definition) is 4. The topological polar surface area (TPSA) is 38.7 Å². The van der Waals surface area contributed by atoms with Gasteiger partial charge in [-0.05, 0) is 36.0 Å². The Morgan fingerprint density at radius 2 is 1.91 bits per heavy atom. The lowest BCUT2D eigenvalue weighted by Gasteiger charge is -2.33. The van der Waals surface area contributed by atoms with Crippen molar-refractivity contribution in [3.63, 3.8) is 0 Å². The van der Waals surface area contributed by atoms with Crippen molar-refractivity contribution in [1.29, 1.82) is 0 Å². The largest absolute Gasteiger partial charge is 0.224 e. The maximum absolute atomic E-state index is 5.93. The van der Waals surface area contributed by atoms with E-state index in [1.807, 2.05) is 24.3 Å². The molecule has 0 saturated heterocycles. The van der Waals surface area contributed by atoms with Crippen molar-refractivity contribution >= 4 is 23.4 Å². The van der Waals surface area contributed by atoms with Gasteiger partial charge in [0.05, 0.1) is 11.4 Å². The van der Waals surface area contributed by atoms with E-state index >= 15 is 0 Å². The Labute approximate surface area is 146 Å². The van der Waals surface area contributed by atoms with Crippen molar-refractivity contribution in [3.05, 3.63) is 46.2 Å². The van der Waals surface area contributed by atoms with Gasteiger partial charge in [0.1, 0.15) is 0 Å². The number of benzene rings is 1. The van der Waals surface area contributed by atoms with Gasteiger partial charge in [-0.25, -0.2) is 4.98 Å². The summed E-state index contributed by atoms with van der Waals surface area (Å²) < 4.78 is 0. The molecule has 2 atom stereocenters. The van der Waals surface area contributed by atoms with E-state index in [1.54, 1.807) is 11.8 Å². The summed E-state index contributed by atoms with van der Waals surface area (Å²) in [5.74, 6) is 1.35. The molecule has 1 fully saturated rings. The molecule has 2 aliphatic carbocycles. The Morgan fingerprint density at radius 1 is 1.17 bits per heavy atom. The smallest absolute Gasteiger partial charge is 0.209 e. The van der Waals surface area contributed by atoms with Gasteiger partial charge in [0.2, 0.25) is 5.16 Å². The Balaban J connectivity index is 1.59. The van der Waals surface area contributed by atoms with Crippen molar-refractivity contribution in [1.82, 2.24) is 15.2 Å². The molecule has 0 radical (unpaired) electrons. The number of aromatic nitrogens is 3. The third kappa shape index (κ3) is 2.22. The van der Waals surface area contributed by atoms with Crippen LogP contribution in [0.5, 0.6) is 0 Å².